The Balaban J connectivity index is 1.38. The summed E-state index contributed by atoms with van der Waals surface area (Å²) in [7, 11) is 1.82. The number of ether oxygens (including phenoxy) is 1. The molecule has 11 heteroatoms. The summed E-state index contributed by atoms with van der Waals surface area (Å²) in [6.45, 7) is 7.61. The Morgan fingerprint density at radius 2 is 1.83 bits per heavy atom. The minimum absolute atomic E-state index is 0.0718. The third-order valence-electron chi connectivity index (χ3n) is 9.77. The van der Waals surface area contributed by atoms with Crippen LogP contribution < -0.4 is 10.2 Å². The van der Waals surface area contributed by atoms with Gasteiger partial charge in [-0.15, -0.1) is 5.10 Å². The van der Waals surface area contributed by atoms with Crippen LogP contribution in [0.2, 0.25) is 0 Å². The van der Waals surface area contributed by atoms with Gasteiger partial charge in [-0.25, -0.2) is 14.6 Å². The van der Waals surface area contributed by atoms with Crippen molar-refractivity contribution in [3.05, 3.63) is 35.9 Å². The van der Waals surface area contributed by atoms with Crippen molar-refractivity contribution in [3.8, 4) is 11.6 Å². The van der Waals surface area contributed by atoms with Crippen molar-refractivity contribution in [1.82, 2.24) is 39.7 Å². The van der Waals surface area contributed by atoms with Gasteiger partial charge in [0.2, 0.25) is 17.6 Å². The number of imidazole rings is 1. The van der Waals surface area contributed by atoms with Gasteiger partial charge in [0.1, 0.15) is 5.52 Å². The van der Waals surface area contributed by atoms with E-state index in [9.17, 15) is 0 Å². The third-order valence-corrected chi connectivity index (χ3v) is 9.77. The maximum absolute atomic E-state index is 6.02. The Morgan fingerprint density at radius 1 is 1.02 bits per heavy atom. The third kappa shape index (κ3) is 5.23. The molecule has 1 saturated heterocycles. The molecule has 0 unspecified atom stereocenters. The molecule has 3 aliphatic rings. The summed E-state index contributed by atoms with van der Waals surface area (Å²) in [5.74, 6) is 4.83. The summed E-state index contributed by atoms with van der Waals surface area (Å²) >= 11 is 0. The Morgan fingerprint density at radius 3 is 2.55 bits per heavy atom. The summed E-state index contributed by atoms with van der Waals surface area (Å²) in [6, 6.07) is 11.0. The molecule has 11 nitrogen and oxygen atoms in total. The van der Waals surface area contributed by atoms with Gasteiger partial charge in [-0.05, 0) is 66.4 Å². The van der Waals surface area contributed by atoms with E-state index < -0.39 is 0 Å². The van der Waals surface area contributed by atoms with Crippen molar-refractivity contribution in [1.29, 1.82) is 0 Å². The first kappa shape index (κ1) is 27.2. The lowest BCUT2D eigenvalue weighted by Gasteiger charge is -2.37. The maximum Gasteiger partial charge on any atom is 0.219 e. The minimum atomic E-state index is 0.0718. The van der Waals surface area contributed by atoms with E-state index in [0.29, 0.717) is 48.4 Å². The van der Waals surface area contributed by atoms with E-state index in [0.717, 1.165) is 36.3 Å². The van der Waals surface area contributed by atoms with Crippen molar-refractivity contribution >= 4 is 22.9 Å². The highest BCUT2D eigenvalue weighted by Crippen LogP contribution is 2.38. The predicted molar refractivity (Wildman–Crippen MR) is 162 cm³/mol. The molecular weight excluding hydrogens is 528 g/mol. The van der Waals surface area contributed by atoms with Gasteiger partial charge in [0, 0.05) is 26.2 Å². The fourth-order valence-corrected chi connectivity index (χ4v) is 6.87. The monoisotopic (exact) mass is 570 g/mol. The predicted octanol–water partition coefficient (Wildman–Crippen LogP) is 5.02. The SMILES string of the molecule is CC1CCC(Cn2c(N3CCOC[C@H]3c3ccccc3)nc3nc(-c4nnnn4C)nc(N[C@H](C)C4CCC4)c32)CC1. The second kappa shape index (κ2) is 11.6. The minimum Gasteiger partial charge on any atom is -0.377 e. The van der Waals surface area contributed by atoms with Crippen LogP contribution in [0, 0.1) is 17.8 Å². The van der Waals surface area contributed by atoms with Crippen LogP contribution in [-0.2, 0) is 18.3 Å². The number of anilines is 2. The van der Waals surface area contributed by atoms with Gasteiger partial charge in [-0.3, -0.25) is 0 Å². The second-order valence-electron chi connectivity index (χ2n) is 12.7. The maximum atomic E-state index is 6.02. The zero-order chi connectivity index (χ0) is 28.6. The number of nitrogens with one attached hydrogen (secondary N) is 1. The number of tetrazole rings is 1. The summed E-state index contributed by atoms with van der Waals surface area (Å²) in [5, 5.41) is 16.0. The van der Waals surface area contributed by atoms with Crippen LogP contribution in [0.1, 0.15) is 70.4 Å². The van der Waals surface area contributed by atoms with Crippen LogP contribution >= 0.6 is 0 Å². The van der Waals surface area contributed by atoms with E-state index in [-0.39, 0.29) is 6.04 Å². The summed E-state index contributed by atoms with van der Waals surface area (Å²) < 4.78 is 10.1. The molecule has 0 spiro atoms. The molecule has 42 heavy (non-hydrogen) atoms. The highest BCUT2D eigenvalue weighted by Gasteiger charge is 2.33. The zero-order valence-corrected chi connectivity index (χ0v) is 25.0. The molecule has 0 radical (unpaired) electrons. The molecule has 222 valence electrons. The first-order valence-electron chi connectivity index (χ1n) is 15.7. The first-order chi connectivity index (χ1) is 20.5. The highest BCUT2D eigenvalue weighted by atomic mass is 16.5. The van der Waals surface area contributed by atoms with E-state index in [2.05, 4.69) is 74.5 Å². The van der Waals surface area contributed by atoms with Crippen molar-refractivity contribution in [2.75, 3.05) is 30.0 Å². The number of fused-ring (bicyclic) bond motifs is 1. The first-order valence-corrected chi connectivity index (χ1v) is 15.7. The number of rotatable bonds is 8. The largest absolute Gasteiger partial charge is 0.377 e. The summed E-state index contributed by atoms with van der Waals surface area (Å²) in [6.07, 6.45) is 8.82. The average Bonchev–Trinajstić information content (AvgIpc) is 3.57. The molecule has 0 bridgehead atoms. The lowest BCUT2D eigenvalue weighted by Crippen LogP contribution is -2.41. The number of benzene rings is 1. The standard InChI is InChI=1S/C31H42N10O/c1-20-12-14-22(15-13-20)18-41-26-27(32-21(2)23-10-7-11-23)33-29(30-36-37-38-39(30)3)34-28(26)35-31(41)40-16-17-42-19-25(40)24-8-5-4-6-9-24/h4-6,8-9,20-23,25H,7,10-19H2,1-3H3,(H,32,33,34)/t20?,21-,22?,25+/m1/s1. The van der Waals surface area contributed by atoms with Crippen molar-refractivity contribution in [3.63, 3.8) is 0 Å². The second-order valence-corrected chi connectivity index (χ2v) is 12.7. The van der Waals surface area contributed by atoms with Crippen LogP contribution in [-0.4, -0.2) is 65.5 Å². The van der Waals surface area contributed by atoms with E-state index in [1.54, 1.807) is 4.68 Å². The Bertz CT molecular complexity index is 1500. The van der Waals surface area contributed by atoms with Gasteiger partial charge in [-0.1, -0.05) is 56.5 Å². The number of morpholine rings is 1. The molecule has 1 aliphatic heterocycles. The van der Waals surface area contributed by atoms with Crippen LogP contribution in [0.3, 0.4) is 0 Å². The molecular formula is C31H42N10O. The lowest BCUT2D eigenvalue weighted by molar-refractivity contribution is 0.0927. The molecule has 2 saturated carbocycles. The van der Waals surface area contributed by atoms with Crippen LogP contribution in [0.15, 0.2) is 30.3 Å². The Kier molecular flexibility index (Phi) is 7.52. The fraction of sp³-hybridized carbons (Fsp3) is 0.613. The molecule has 2 aliphatic carbocycles. The van der Waals surface area contributed by atoms with E-state index in [1.807, 2.05) is 7.05 Å². The molecule has 1 N–H and O–H groups in total. The topological polar surface area (TPSA) is 112 Å². The van der Waals surface area contributed by atoms with Gasteiger partial charge >= 0.3 is 0 Å². The Hall–Kier alpha value is -3.60. The van der Waals surface area contributed by atoms with Crippen molar-refractivity contribution < 1.29 is 4.74 Å². The van der Waals surface area contributed by atoms with Gasteiger partial charge in [-0.2, -0.15) is 4.98 Å². The van der Waals surface area contributed by atoms with Crippen molar-refractivity contribution in [2.45, 2.75) is 77.4 Å². The van der Waals surface area contributed by atoms with Crippen LogP contribution in [0.25, 0.3) is 22.8 Å². The molecule has 2 atom stereocenters. The number of nitrogens with zero attached hydrogens (tertiary/aromatic N) is 9. The molecule has 3 aromatic heterocycles. The van der Waals surface area contributed by atoms with E-state index >= 15 is 0 Å². The molecule has 4 aromatic rings. The zero-order valence-electron chi connectivity index (χ0n) is 25.0. The smallest absolute Gasteiger partial charge is 0.219 e. The molecule has 7 rings (SSSR count). The van der Waals surface area contributed by atoms with Crippen molar-refractivity contribution in [2.24, 2.45) is 24.8 Å². The fourth-order valence-electron chi connectivity index (χ4n) is 6.87. The molecule has 1 aromatic carbocycles. The van der Waals surface area contributed by atoms with E-state index in [1.165, 1.54) is 50.5 Å². The highest BCUT2D eigenvalue weighted by molar-refractivity contribution is 5.87. The Labute approximate surface area is 247 Å². The van der Waals surface area contributed by atoms with Gasteiger partial charge in [0.15, 0.2) is 11.5 Å². The van der Waals surface area contributed by atoms with Gasteiger partial charge < -0.3 is 19.5 Å². The van der Waals surface area contributed by atoms with Gasteiger partial charge in [0.05, 0.1) is 19.3 Å². The number of hydrogen-bond acceptors (Lipinski definition) is 9. The quantitative estimate of drug-likeness (QED) is 0.312. The molecule has 0 amide bonds. The lowest BCUT2D eigenvalue weighted by atomic mass is 9.80. The van der Waals surface area contributed by atoms with Gasteiger partial charge in [0.25, 0.3) is 0 Å². The number of aryl methyl sites for hydroxylation is 1. The molecule has 3 fully saturated rings. The average molecular weight is 571 g/mol. The number of aromatic nitrogens is 8. The van der Waals surface area contributed by atoms with Crippen LogP contribution in [0.4, 0.5) is 11.8 Å². The number of hydrogen-bond donors (Lipinski definition) is 1. The van der Waals surface area contributed by atoms with Crippen LogP contribution in [0.5, 0.6) is 0 Å². The normalized spacial score (nSPS) is 24.1. The van der Waals surface area contributed by atoms with E-state index in [4.69, 9.17) is 19.7 Å². The summed E-state index contributed by atoms with van der Waals surface area (Å²) in [4.78, 5) is 17.8. The summed E-state index contributed by atoms with van der Waals surface area (Å²) in [5.41, 5.74) is 2.90. The molecule has 4 heterocycles.